The van der Waals surface area contributed by atoms with E-state index in [0.29, 0.717) is 16.8 Å². The van der Waals surface area contributed by atoms with Crippen LogP contribution in [0.15, 0.2) is 224 Å². The zero-order valence-corrected chi connectivity index (χ0v) is 28.7. The highest BCUT2D eigenvalue weighted by Crippen LogP contribution is 2.38. The molecule has 0 N–H and O–H groups in total. The third-order valence-corrected chi connectivity index (χ3v) is 9.40. The quantitative estimate of drug-likeness (QED) is 0.154. The predicted molar refractivity (Wildman–Crippen MR) is 226 cm³/mol. The lowest BCUT2D eigenvalue weighted by molar-refractivity contribution is 1.28. The molecule has 0 saturated heterocycles. The molecule has 0 aromatic heterocycles. The molecule has 9 aromatic rings. The van der Waals surface area contributed by atoms with Crippen molar-refractivity contribution < 1.29 is 11.0 Å². The summed E-state index contributed by atoms with van der Waals surface area (Å²) in [5, 5.41) is 2.30. The van der Waals surface area contributed by atoms with Crippen LogP contribution in [-0.4, -0.2) is 0 Å². The monoisotopic (exact) mass is 683 g/mol. The Labute approximate surface area is 323 Å². The Morgan fingerprint density at radius 2 is 0.623 bits per heavy atom. The second kappa shape index (κ2) is 14.3. The van der Waals surface area contributed by atoms with Crippen LogP contribution in [0, 0.1) is 0 Å². The molecule has 0 aliphatic carbocycles. The van der Waals surface area contributed by atoms with Crippen LogP contribution in [0.25, 0.3) is 66.4 Å². The molecule has 9 rings (SSSR count). The molecular formula is C52H37N. The van der Waals surface area contributed by atoms with Gasteiger partial charge < -0.3 is 4.90 Å². The fourth-order valence-electron chi connectivity index (χ4n) is 6.63. The predicted octanol–water partition coefficient (Wildman–Crippen LogP) is 14.6. The Balaban J connectivity index is 1.20. The fourth-order valence-corrected chi connectivity index (χ4v) is 6.63. The first-order valence-electron chi connectivity index (χ1n) is 21.5. The van der Waals surface area contributed by atoms with Crippen LogP contribution in [0.3, 0.4) is 0 Å². The summed E-state index contributed by atoms with van der Waals surface area (Å²) in [5.74, 6) is 0. The van der Waals surface area contributed by atoms with Crippen molar-refractivity contribution in [3.63, 3.8) is 0 Å². The SMILES string of the molecule is [2H]c1c([2H])c(N(c2ccc(-c3cccc(-c4ccc5ccccc5c4)c3)cc2)c2c([2H])c([2H])c(-c3cccc(-c4ccccc4)c3)c([2H])c2[2H])c([2H])c([2H])c1-c1ccccc1. The summed E-state index contributed by atoms with van der Waals surface area (Å²) in [6, 6.07) is 53.1. The van der Waals surface area contributed by atoms with Crippen molar-refractivity contribution in [3.8, 4) is 55.6 Å². The van der Waals surface area contributed by atoms with E-state index in [0.717, 1.165) is 44.2 Å². The van der Waals surface area contributed by atoms with Gasteiger partial charge in [0.05, 0.1) is 11.0 Å². The van der Waals surface area contributed by atoms with E-state index in [1.165, 1.54) is 4.90 Å². The van der Waals surface area contributed by atoms with E-state index in [1.807, 2.05) is 91.0 Å². The van der Waals surface area contributed by atoms with E-state index >= 15 is 0 Å². The maximum absolute atomic E-state index is 9.48. The van der Waals surface area contributed by atoms with Gasteiger partial charge in [-0.25, -0.2) is 0 Å². The van der Waals surface area contributed by atoms with Crippen molar-refractivity contribution in [1.29, 1.82) is 0 Å². The van der Waals surface area contributed by atoms with Crippen molar-refractivity contribution >= 4 is 27.8 Å². The summed E-state index contributed by atoms with van der Waals surface area (Å²) in [4.78, 5) is 1.34. The van der Waals surface area contributed by atoms with Gasteiger partial charge in [0, 0.05) is 17.1 Å². The number of benzene rings is 9. The topological polar surface area (TPSA) is 3.24 Å². The summed E-state index contributed by atoms with van der Waals surface area (Å²) < 4.78 is 74.7. The van der Waals surface area contributed by atoms with Crippen molar-refractivity contribution in [2.24, 2.45) is 0 Å². The molecule has 0 aliphatic heterocycles. The van der Waals surface area contributed by atoms with Crippen LogP contribution >= 0.6 is 0 Å². The van der Waals surface area contributed by atoms with Gasteiger partial charge in [0.2, 0.25) is 0 Å². The van der Waals surface area contributed by atoms with Crippen molar-refractivity contribution in [2.45, 2.75) is 0 Å². The Morgan fingerprint density at radius 1 is 0.245 bits per heavy atom. The Bertz CT molecular complexity index is 3060. The standard InChI is InChI=1S/C52H37N/c1-3-11-38(12-4-1)41-23-29-50(30-24-41)53(51-31-25-42(26-32-51)46-18-9-17-45(35-46)39-13-5-2-6-14-39)52-33-27-43(28-34-52)47-19-10-20-48(36-47)49-22-21-40-15-7-8-16-44(40)37-49/h1-37H/i23D,24D,25D,26D,29D,30D,31D,32D. The number of nitrogens with zero attached hydrogens (tertiary/aromatic N) is 1. The normalized spacial score (nSPS) is 13.1. The lowest BCUT2D eigenvalue weighted by atomic mass is 9.97. The molecular weight excluding hydrogens is 639 g/mol. The van der Waals surface area contributed by atoms with E-state index in [4.69, 9.17) is 2.74 Å². The molecule has 0 unspecified atom stereocenters. The van der Waals surface area contributed by atoms with Gasteiger partial charge in [-0.05, 0) is 121 Å². The number of rotatable bonds is 8. The van der Waals surface area contributed by atoms with E-state index < -0.39 is 12.1 Å². The van der Waals surface area contributed by atoms with Crippen molar-refractivity contribution in [1.82, 2.24) is 0 Å². The van der Waals surface area contributed by atoms with Crippen molar-refractivity contribution in [2.75, 3.05) is 4.90 Å². The first kappa shape index (κ1) is 24.3. The first-order chi connectivity index (χ1) is 29.6. The van der Waals surface area contributed by atoms with Gasteiger partial charge >= 0.3 is 0 Å². The summed E-state index contributed by atoms with van der Waals surface area (Å²) >= 11 is 0. The molecule has 0 fully saturated rings. The second-order valence-electron chi connectivity index (χ2n) is 12.8. The lowest BCUT2D eigenvalue weighted by Crippen LogP contribution is -2.09. The molecule has 0 aliphatic rings. The maximum Gasteiger partial charge on any atom is 0.0645 e. The molecule has 0 amide bonds. The Hall–Kier alpha value is -6.96. The van der Waals surface area contributed by atoms with Gasteiger partial charge in [-0.15, -0.1) is 0 Å². The average Bonchev–Trinajstić information content (AvgIpc) is 3.30. The molecule has 0 bridgehead atoms. The lowest BCUT2D eigenvalue weighted by Gasteiger charge is -2.26. The smallest absolute Gasteiger partial charge is 0.0645 e. The Morgan fingerprint density at radius 3 is 1.19 bits per heavy atom. The van der Waals surface area contributed by atoms with Gasteiger partial charge in [0.1, 0.15) is 0 Å². The third kappa shape index (κ3) is 6.77. The van der Waals surface area contributed by atoms with Gasteiger partial charge in [-0.3, -0.25) is 0 Å². The van der Waals surface area contributed by atoms with Crippen LogP contribution in [-0.2, 0) is 0 Å². The van der Waals surface area contributed by atoms with E-state index in [2.05, 4.69) is 42.5 Å². The van der Waals surface area contributed by atoms with Gasteiger partial charge in [0.15, 0.2) is 0 Å². The average molecular weight is 684 g/mol. The minimum Gasteiger partial charge on any atom is -0.311 e. The first-order valence-corrected chi connectivity index (χ1v) is 17.5. The highest BCUT2D eigenvalue weighted by Gasteiger charge is 2.14. The van der Waals surface area contributed by atoms with Crippen LogP contribution in [0.2, 0.25) is 0 Å². The summed E-state index contributed by atoms with van der Waals surface area (Å²) in [7, 11) is 0. The third-order valence-electron chi connectivity index (χ3n) is 9.40. The maximum atomic E-state index is 9.48. The van der Waals surface area contributed by atoms with Crippen molar-refractivity contribution in [3.05, 3.63) is 224 Å². The minimum atomic E-state index is -0.391. The molecule has 0 atom stereocenters. The number of hydrogen-bond acceptors (Lipinski definition) is 1. The highest BCUT2D eigenvalue weighted by molar-refractivity contribution is 5.88. The molecule has 53 heavy (non-hydrogen) atoms. The molecule has 0 radical (unpaired) electrons. The Kier molecular flexibility index (Phi) is 6.57. The van der Waals surface area contributed by atoms with E-state index in [1.54, 1.807) is 42.5 Å². The van der Waals surface area contributed by atoms with Crippen LogP contribution in [0.5, 0.6) is 0 Å². The minimum absolute atomic E-state index is 0.108. The zero-order chi connectivity index (χ0) is 42.4. The molecule has 0 spiro atoms. The molecule has 9 aromatic carbocycles. The molecule has 0 heterocycles. The van der Waals surface area contributed by atoms with Crippen LogP contribution in [0.1, 0.15) is 11.0 Å². The fraction of sp³-hybridized carbons (Fsp3) is 0. The van der Waals surface area contributed by atoms with Crippen LogP contribution < -0.4 is 4.90 Å². The molecule has 250 valence electrons. The summed E-state index contributed by atoms with van der Waals surface area (Å²) in [5.41, 5.74) is 6.89. The highest BCUT2D eigenvalue weighted by atomic mass is 15.1. The van der Waals surface area contributed by atoms with Gasteiger partial charge in [-0.1, -0.05) is 170 Å². The summed E-state index contributed by atoms with van der Waals surface area (Å²) in [6.07, 6.45) is 0. The number of hydrogen-bond donors (Lipinski definition) is 0. The zero-order valence-electron chi connectivity index (χ0n) is 36.7. The second-order valence-corrected chi connectivity index (χ2v) is 12.8. The van der Waals surface area contributed by atoms with Crippen LogP contribution in [0.4, 0.5) is 17.1 Å². The molecule has 1 nitrogen and oxygen atoms in total. The number of anilines is 3. The van der Waals surface area contributed by atoms with E-state index in [-0.39, 0.29) is 58.8 Å². The molecule has 0 saturated carbocycles. The molecule has 1 heteroatoms. The van der Waals surface area contributed by atoms with E-state index in [9.17, 15) is 8.22 Å². The van der Waals surface area contributed by atoms with Gasteiger partial charge in [-0.2, -0.15) is 0 Å². The number of fused-ring (bicyclic) bond motifs is 1. The largest absolute Gasteiger partial charge is 0.311 e. The van der Waals surface area contributed by atoms with Gasteiger partial charge in [0.25, 0.3) is 0 Å². The summed E-state index contributed by atoms with van der Waals surface area (Å²) in [6.45, 7) is 0.